The van der Waals surface area contributed by atoms with E-state index in [1.54, 1.807) is 26.1 Å². The van der Waals surface area contributed by atoms with Crippen LogP contribution in [0.5, 0.6) is 0 Å². The fourth-order valence-electron chi connectivity index (χ4n) is 2.96. The molecule has 8 heteroatoms. The van der Waals surface area contributed by atoms with Crippen LogP contribution in [0.15, 0.2) is 35.4 Å². The van der Waals surface area contributed by atoms with Crippen molar-refractivity contribution in [3.05, 3.63) is 52.7 Å². The molecule has 158 valence electrons. The van der Waals surface area contributed by atoms with E-state index < -0.39 is 10.0 Å². The van der Waals surface area contributed by atoms with Crippen LogP contribution in [0.2, 0.25) is 0 Å². The molecule has 0 aliphatic carbocycles. The van der Waals surface area contributed by atoms with Crippen LogP contribution in [-0.2, 0) is 16.6 Å². The second kappa shape index (κ2) is 9.37. The van der Waals surface area contributed by atoms with Crippen molar-refractivity contribution >= 4 is 21.7 Å². The number of carbonyl (C=O) groups is 1. The summed E-state index contributed by atoms with van der Waals surface area (Å²) in [5.41, 5.74) is 2.59. The van der Waals surface area contributed by atoms with Crippen LogP contribution in [0.3, 0.4) is 0 Å². The molecule has 2 aromatic rings. The van der Waals surface area contributed by atoms with Gasteiger partial charge in [-0.15, -0.1) is 0 Å². The Morgan fingerprint density at radius 1 is 1.10 bits per heavy atom. The minimum absolute atomic E-state index is 0.151. The van der Waals surface area contributed by atoms with Crippen LogP contribution in [0.1, 0.15) is 40.9 Å². The summed E-state index contributed by atoms with van der Waals surface area (Å²) < 4.78 is 26.3. The zero-order chi connectivity index (χ0) is 21.8. The van der Waals surface area contributed by atoms with E-state index in [9.17, 15) is 13.2 Å². The lowest BCUT2D eigenvalue weighted by molar-refractivity contribution is 0.0950. The summed E-state index contributed by atoms with van der Waals surface area (Å²) in [5, 5.41) is 2.85. The Labute approximate surface area is 173 Å². The largest absolute Gasteiger partial charge is 0.357 e. The summed E-state index contributed by atoms with van der Waals surface area (Å²) in [6.45, 7) is 9.77. The second-order valence-electron chi connectivity index (χ2n) is 7.08. The van der Waals surface area contributed by atoms with Crippen molar-refractivity contribution in [3.8, 4) is 0 Å². The lowest BCUT2D eigenvalue weighted by Gasteiger charge is -2.19. The lowest BCUT2D eigenvalue weighted by atomic mass is 10.1. The Balaban J connectivity index is 2.18. The quantitative estimate of drug-likeness (QED) is 0.713. The minimum atomic E-state index is -3.63. The highest BCUT2D eigenvalue weighted by Gasteiger charge is 2.23. The maximum absolute atomic E-state index is 12.7. The predicted octanol–water partition coefficient (Wildman–Crippen LogP) is 2.72. The van der Waals surface area contributed by atoms with Crippen molar-refractivity contribution < 1.29 is 13.2 Å². The van der Waals surface area contributed by atoms with E-state index in [1.165, 1.54) is 20.2 Å². The number of pyridine rings is 1. The van der Waals surface area contributed by atoms with E-state index in [0.717, 1.165) is 34.3 Å². The molecule has 0 radical (unpaired) electrons. The number of nitrogens with one attached hydrogen (secondary N) is 1. The van der Waals surface area contributed by atoms with Crippen LogP contribution in [-0.4, -0.2) is 50.8 Å². The van der Waals surface area contributed by atoms with Gasteiger partial charge in [0, 0.05) is 45.5 Å². The molecule has 2 rings (SSSR count). The SMILES string of the molecule is CCN(CC)c1ccc(CNC(=O)c2cc(C)c(C)c(S(=O)(=O)N(C)C)c2)cn1. The molecule has 0 spiro atoms. The first kappa shape index (κ1) is 22.8. The molecule has 1 aromatic heterocycles. The monoisotopic (exact) mass is 418 g/mol. The smallest absolute Gasteiger partial charge is 0.251 e. The molecule has 29 heavy (non-hydrogen) atoms. The Morgan fingerprint density at radius 3 is 2.28 bits per heavy atom. The van der Waals surface area contributed by atoms with Crippen LogP contribution >= 0.6 is 0 Å². The first-order chi connectivity index (χ1) is 13.6. The third-order valence-electron chi connectivity index (χ3n) is 4.99. The maximum atomic E-state index is 12.7. The van der Waals surface area contributed by atoms with Crippen molar-refractivity contribution in [2.24, 2.45) is 0 Å². The zero-order valence-corrected chi connectivity index (χ0v) is 18.8. The van der Waals surface area contributed by atoms with Gasteiger partial charge < -0.3 is 10.2 Å². The molecule has 0 aliphatic rings. The number of aromatic nitrogens is 1. The van der Waals surface area contributed by atoms with E-state index in [0.29, 0.717) is 17.7 Å². The van der Waals surface area contributed by atoms with Gasteiger partial charge in [-0.2, -0.15) is 0 Å². The van der Waals surface area contributed by atoms with Gasteiger partial charge >= 0.3 is 0 Å². The second-order valence-corrected chi connectivity index (χ2v) is 9.20. The number of aryl methyl sites for hydroxylation is 1. The molecule has 0 atom stereocenters. The van der Waals surface area contributed by atoms with Gasteiger partial charge in [-0.25, -0.2) is 17.7 Å². The van der Waals surface area contributed by atoms with Gasteiger partial charge in [0.05, 0.1) is 4.90 Å². The van der Waals surface area contributed by atoms with Gasteiger partial charge in [0.15, 0.2) is 0 Å². The number of anilines is 1. The number of carbonyl (C=O) groups excluding carboxylic acids is 1. The number of rotatable bonds is 8. The van der Waals surface area contributed by atoms with Gasteiger partial charge in [0.2, 0.25) is 10.0 Å². The molecular weight excluding hydrogens is 388 g/mol. The Hall–Kier alpha value is -2.45. The van der Waals surface area contributed by atoms with Crippen LogP contribution in [0.4, 0.5) is 5.82 Å². The van der Waals surface area contributed by atoms with Gasteiger partial charge in [0.25, 0.3) is 5.91 Å². The summed E-state index contributed by atoms with van der Waals surface area (Å²) >= 11 is 0. The van der Waals surface area contributed by atoms with Crippen molar-refractivity contribution in [1.82, 2.24) is 14.6 Å². The number of benzene rings is 1. The molecule has 0 unspecified atom stereocenters. The molecule has 1 heterocycles. The average molecular weight is 419 g/mol. The fraction of sp³-hybridized carbons (Fsp3) is 0.429. The molecular formula is C21H30N4O3S. The van der Waals surface area contributed by atoms with Crippen LogP contribution < -0.4 is 10.2 Å². The molecule has 0 aliphatic heterocycles. The van der Waals surface area contributed by atoms with E-state index in [4.69, 9.17) is 0 Å². The van der Waals surface area contributed by atoms with Crippen molar-refractivity contribution in [3.63, 3.8) is 0 Å². The standard InChI is InChI=1S/C21H30N4O3S/c1-7-25(8-2)20-10-9-17(13-22-20)14-23-21(26)18-11-15(3)16(4)19(12-18)29(27,28)24(5)6/h9-13H,7-8,14H2,1-6H3,(H,23,26). The van der Waals surface area contributed by atoms with E-state index >= 15 is 0 Å². The average Bonchev–Trinajstić information content (AvgIpc) is 2.69. The Kier molecular flexibility index (Phi) is 7.37. The summed E-state index contributed by atoms with van der Waals surface area (Å²) in [4.78, 5) is 19.4. The third kappa shape index (κ3) is 5.13. The molecule has 1 aromatic carbocycles. The van der Waals surface area contributed by atoms with E-state index in [1.807, 2.05) is 12.1 Å². The Morgan fingerprint density at radius 2 is 1.76 bits per heavy atom. The van der Waals surface area contributed by atoms with Gasteiger partial charge in [-0.05, 0) is 62.6 Å². The summed E-state index contributed by atoms with van der Waals surface area (Å²) in [6, 6.07) is 7.02. The molecule has 7 nitrogen and oxygen atoms in total. The van der Waals surface area contributed by atoms with Crippen molar-refractivity contribution in [1.29, 1.82) is 0 Å². The third-order valence-corrected chi connectivity index (χ3v) is 6.93. The molecule has 0 saturated carbocycles. The van der Waals surface area contributed by atoms with Crippen molar-refractivity contribution in [2.45, 2.75) is 39.1 Å². The zero-order valence-electron chi connectivity index (χ0n) is 18.0. The highest BCUT2D eigenvalue weighted by molar-refractivity contribution is 7.89. The van der Waals surface area contributed by atoms with E-state index in [-0.39, 0.29) is 10.8 Å². The number of hydrogen-bond donors (Lipinski definition) is 1. The topological polar surface area (TPSA) is 82.6 Å². The maximum Gasteiger partial charge on any atom is 0.251 e. The summed E-state index contributed by atoms with van der Waals surface area (Å²) in [5.74, 6) is 0.578. The summed E-state index contributed by atoms with van der Waals surface area (Å²) in [6.07, 6.45) is 1.75. The van der Waals surface area contributed by atoms with Crippen LogP contribution in [0, 0.1) is 13.8 Å². The van der Waals surface area contributed by atoms with Crippen LogP contribution in [0.25, 0.3) is 0 Å². The van der Waals surface area contributed by atoms with Gasteiger partial charge in [-0.3, -0.25) is 4.79 Å². The minimum Gasteiger partial charge on any atom is -0.357 e. The molecule has 1 N–H and O–H groups in total. The number of hydrogen-bond acceptors (Lipinski definition) is 5. The number of amides is 1. The normalized spacial score (nSPS) is 11.6. The predicted molar refractivity (Wildman–Crippen MR) is 116 cm³/mol. The van der Waals surface area contributed by atoms with Gasteiger partial charge in [-0.1, -0.05) is 6.07 Å². The first-order valence-corrected chi connectivity index (χ1v) is 11.1. The lowest BCUT2D eigenvalue weighted by Crippen LogP contribution is -2.26. The van der Waals surface area contributed by atoms with Crippen molar-refractivity contribution in [2.75, 3.05) is 32.1 Å². The van der Waals surface area contributed by atoms with Gasteiger partial charge in [0.1, 0.15) is 5.82 Å². The summed E-state index contributed by atoms with van der Waals surface area (Å²) in [7, 11) is -0.677. The molecule has 0 saturated heterocycles. The highest BCUT2D eigenvalue weighted by atomic mass is 32.2. The molecule has 0 fully saturated rings. The molecule has 1 amide bonds. The molecule has 0 bridgehead atoms. The number of sulfonamides is 1. The fourth-order valence-corrected chi connectivity index (χ4v) is 4.18. The van der Waals surface area contributed by atoms with E-state index in [2.05, 4.69) is 29.0 Å². The number of nitrogens with zero attached hydrogens (tertiary/aromatic N) is 3. The first-order valence-electron chi connectivity index (χ1n) is 9.63. The Bertz CT molecular complexity index is 966. The highest BCUT2D eigenvalue weighted by Crippen LogP contribution is 2.23.